The minimum atomic E-state index is -0.536. The zero-order chi connectivity index (χ0) is 24.6. The third-order valence-corrected chi connectivity index (χ3v) is 6.17. The highest BCUT2D eigenvalue weighted by Crippen LogP contribution is 2.17. The van der Waals surface area contributed by atoms with Gasteiger partial charge in [-0.2, -0.15) is 0 Å². The summed E-state index contributed by atoms with van der Waals surface area (Å²) in [5.41, 5.74) is 4.01. The maximum Gasteiger partial charge on any atom is 0.333 e. The molecule has 0 radical (unpaired) electrons. The van der Waals surface area contributed by atoms with Crippen molar-refractivity contribution in [3.8, 4) is 0 Å². The van der Waals surface area contributed by atoms with Crippen molar-refractivity contribution in [2.75, 3.05) is 0 Å². The normalized spacial score (nSPS) is 11.5. The molecule has 0 amide bonds. The summed E-state index contributed by atoms with van der Waals surface area (Å²) in [5.74, 6) is 0.0138. The summed E-state index contributed by atoms with van der Waals surface area (Å²) in [7, 11) is 0. The molecule has 7 heteroatoms. The fourth-order valence-electron chi connectivity index (χ4n) is 4.31. The summed E-state index contributed by atoms with van der Waals surface area (Å²) < 4.78 is 4.33. The average molecular weight is 459 g/mol. The molecule has 0 spiro atoms. The maximum absolute atomic E-state index is 13.5. The zero-order valence-corrected chi connectivity index (χ0v) is 20.3. The lowest BCUT2D eigenvalue weighted by Crippen LogP contribution is -2.42. The van der Waals surface area contributed by atoms with Crippen molar-refractivity contribution in [2.24, 2.45) is 5.92 Å². The number of fused-ring (bicyclic) bond motifs is 1. The van der Waals surface area contributed by atoms with E-state index in [0.717, 1.165) is 26.8 Å². The van der Waals surface area contributed by atoms with E-state index in [1.165, 1.54) is 4.57 Å². The second-order valence-corrected chi connectivity index (χ2v) is 9.38. The van der Waals surface area contributed by atoms with Crippen LogP contribution < -0.4 is 11.2 Å². The van der Waals surface area contributed by atoms with Crippen molar-refractivity contribution in [3.63, 3.8) is 0 Å². The van der Waals surface area contributed by atoms with E-state index in [2.05, 4.69) is 18.8 Å². The van der Waals surface area contributed by atoms with Crippen LogP contribution in [0.25, 0.3) is 11.2 Å². The fourth-order valence-corrected chi connectivity index (χ4v) is 4.31. The minimum Gasteiger partial charge on any atom is -0.324 e. The molecule has 0 fully saturated rings. The van der Waals surface area contributed by atoms with Crippen LogP contribution in [0.5, 0.6) is 0 Å². The van der Waals surface area contributed by atoms with Gasteiger partial charge in [-0.25, -0.2) is 9.78 Å². The SMILES string of the molecule is Cc1cc(C)c(C(=O)Cn2c(=O)c3c(ncn3CC(C)C)n(Cc3ccccc3)c2=O)cc1C. The third-order valence-electron chi connectivity index (χ3n) is 6.17. The highest BCUT2D eigenvalue weighted by molar-refractivity contribution is 5.97. The first-order valence-corrected chi connectivity index (χ1v) is 11.5. The van der Waals surface area contributed by atoms with Crippen molar-refractivity contribution in [2.45, 2.75) is 54.3 Å². The molecule has 0 bridgehead atoms. The summed E-state index contributed by atoms with van der Waals surface area (Å²) in [6.07, 6.45) is 1.60. The van der Waals surface area contributed by atoms with Gasteiger partial charge >= 0.3 is 5.69 Å². The van der Waals surface area contributed by atoms with E-state index in [1.54, 1.807) is 10.9 Å². The molecule has 4 rings (SSSR count). The molecular weight excluding hydrogens is 428 g/mol. The van der Waals surface area contributed by atoms with Crippen LogP contribution in [0, 0.1) is 26.7 Å². The Morgan fingerprint density at radius 2 is 1.62 bits per heavy atom. The molecule has 0 atom stereocenters. The fraction of sp³-hybridized carbons (Fsp3) is 0.333. The Labute approximate surface area is 198 Å². The van der Waals surface area contributed by atoms with E-state index < -0.39 is 11.2 Å². The summed E-state index contributed by atoms with van der Waals surface area (Å²) in [5, 5.41) is 0. The molecular formula is C27H30N4O3. The Morgan fingerprint density at radius 1 is 0.941 bits per heavy atom. The number of carbonyl (C=O) groups is 1. The van der Waals surface area contributed by atoms with E-state index in [9.17, 15) is 14.4 Å². The molecule has 2 aromatic carbocycles. The Balaban J connectivity index is 1.89. The van der Waals surface area contributed by atoms with Crippen LogP contribution in [0.4, 0.5) is 0 Å². The Hall–Kier alpha value is -3.74. The molecule has 0 aliphatic rings. The molecule has 0 N–H and O–H groups in total. The number of ketones is 1. The monoisotopic (exact) mass is 458 g/mol. The van der Waals surface area contributed by atoms with Gasteiger partial charge in [-0.3, -0.25) is 18.7 Å². The topological polar surface area (TPSA) is 78.9 Å². The van der Waals surface area contributed by atoms with Crippen molar-refractivity contribution < 1.29 is 4.79 Å². The maximum atomic E-state index is 13.5. The van der Waals surface area contributed by atoms with Crippen LogP contribution in [0.15, 0.2) is 58.4 Å². The Kier molecular flexibility index (Phi) is 6.37. The lowest BCUT2D eigenvalue weighted by molar-refractivity contribution is 0.0968. The number of imidazole rings is 1. The molecule has 0 aliphatic carbocycles. The first-order valence-electron chi connectivity index (χ1n) is 11.5. The molecule has 176 valence electrons. The number of hydrogen-bond acceptors (Lipinski definition) is 4. The molecule has 7 nitrogen and oxygen atoms in total. The number of benzene rings is 2. The van der Waals surface area contributed by atoms with Crippen LogP contribution in [0.1, 0.15) is 46.5 Å². The number of rotatable bonds is 7. The van der Waals surface area contributed by atoms with Crippen LogP contribution in [0.3, 0.4) is 0 Å². The van der Waals surface area contributed by atoms with Gasteiger partial charge in [-0.05, 0) is 55.0 Å². The summed E-state index contributed by atoms with van der Waals surface area (Å²) in [6.45, 7) is 10.4. The molecule has 0 unspecified atom stereocenters. The van der Waals surface area contributed by atoms with Gasteiger partial charge in [0.15, 0.2) is 16.9 Å². The zero-order valence-electron chi connectivity index (χ0n) is 20.3. The molecule has 34 heavy (non-hydrogen) atoms. The highest BCUT2D eigenvalue weighted by atomic mass is 16.2. The van der Waals surface area contributed by atoms with Crippen molar-refractivity contribution in [1.29, 1.82) is 0 Å². The average Bonchev–Trinajstić information content (AvgIpc) is 3.20. The predicted molar refractivity (Wildman–Crippen MR) is 134 cm³/mol. The first kappa shape index (κ1) is 23.4. The number of carbonyl (C=O) groups excluding carboxylic acids is 1. The van der Waals surface area contributed by atoms with Crippen molar-refractivity contribution in [3.05, 3.63) is 97.4 Å². The van der Waals surface area contributed by atoms with Gasteiger partial charge in [0.25, 0.3) is 5.56 Å². The molecule has 0 saturated heterocycles. The number of aryl methyl sites for hydroxylation is 3. The van der Waals surface area contributed by atoms with Gasteiger partial charge in [0.05, 0.1) is 19.4 Å². The van der Waals surface area contributed by atoms with E-state index in [4.69, 9.17) is 0 Å². The first-order chi connectivity index (χ1) is 16.2. The molecule has 2 heterocycles. The van der Waals surface area contributed by atoms with Crippen molar-refractivity contribution >= 4 is 16.9 Å². The standard InChI is InChI=1S/C27H30N4O3/c1-17(2)13-29-16-28-25-24(29)26(33)31(27(34)30(25)14-21-9-7-6-8-10-21)15-23(32)22-12-19(4)18(3)11-20(22)5/h6-12,16-17H,13-15H2,1-5H3. The Bertz CT molecular complexity index is 1490. The number of nitrogens with zero attached hydrogens (tertiary/aromatic N) is 4. The lowest BCUT2D eigenvalue weighted by atomic mass is 9.98. The number of hydrogen-bond donors (Lipinski definition) is 0. The summed E-state index contributed by atoms with van der Waals surface area (Å²) in [4.78, 5) is 44.8. The lowest BCUT2D eigenvalue weighted by Gasteiger charge is -2.14. The predicted octanol–water partition coefficient (Wildman–Crippen LogP) is 3.87. The van der Waals surface area contributed by atoms with Crippen molar-refractivity contribution in [1.82, 2.24) is 18.7 Å². The second-order valence-electron chi connectivity index (χ2n) is 9.38. The second kappa shape index (κ2) is 9.25. The molecule has 4 aromatic rings. The van der Waals surface area contributed by atoms with Crippen LogP contribution >= 0.6 is 0 Å². The molecule has 0 aliphatic heterocycles. The van der Waals surface area contributed by atoms with Crippen LogP contribution in [-0.2, 0) is 19.6 Å². The van der Waals surface area contributed by atoms with Gasteiger partial charge < -0.3 is 4.57 Å². The van der Waals surface area contributed by atoms with E-state index in [-0.39, 0.29) is 24.8 Å². The van der Waals surface area contributed by atoms with Gasteiger partial charge in [-0.15, -0.1) is 0 Å². The highest BCUT2D eigenvalue weighted by Gasteiger charge is 2.21. The third kappa shape index (κ3) is 4.38. The van der Waals surface area contributed by atoms with Gasteiger partial charge in [-0.1, -0.05) is 50.2 Å². The smallest absolute Gasteiger partial charge is 0.324 e. The van der Waals surface area contributed by atoms with E-state index in [0.29, 0.717) is 23.3 Å². The molecule has 0 saturated carbocycles. The van der Waals surface area contributed by atoms with E-state index in [1.807, 2.05) is 63.2 Å². The van der Waals surface area contributed by atoms with Gasteiger partial charge in [0.1, 0.15) is 0 Å². The van der Waals surface area contributed by atoms with Crippen LogP contribution in [-0.4, -0.2) is 24.5 Å². The summed E-state index contributed by atoms with van der Waals surface area (Å²) >= 11 is 0. The quantitative estimate of drug-likeness (QED) is 0.394. The van der Waals surface area contributed by atoms with Gasteiger partial charge in [0.2, 0.25) is 0 Å². The Morgan fingerprint density at radius 3 is 2.29 bits per heavy atom. The summed E-state index contributed by atoms with van der Waals surface area (Å²) in [6, 6.07) is 13.3. The van der Waals surface area contributed by atoms with Crippen LogP contribution in [0.2, 0.25) is 0 Å². The molecule has 2 aromatic heterocycles. The van der Waals surface area contributed by atoms with E-state index >= 15 is 0 Å². The number of aromatic nitrogens is 4. The number of Topliss-reactive ketones (excluding diaryl/α,β-unsaturated/α-hetero) is 1. The van der Waals surface area contributed by atoms with Gasteiger partial charge in [0, 0.05) is 12.1 Å². The largest absolute Gasteiger partial charge is 0.333 e. The minimum absolute atomic E-state index is 0.256.